The van der Waals surface area contributed by atoms with Crippen molar-refractivity contribution in [3.63, 3.8) is 0 Å². The Balaban J connectivity index is 0.00000417. The summed E-state index contributed by atoms with van der Waals surface area (Å²) in [6, 6.07) is 29.4. The number of carbonyl (C=O) groups is 2. The van der Waals surface area contributed by atoms with E-state index in [0.717, 1.165) is 59.2 Å². The number of nitrogens with zero attached hydrogens (tertiary/aromatic N) is 2. The highest BCUT2D eigenvalue weighted by Crippen LogP contribution is 2.21. The Kier molecular flexibility index (Phi) is 11.5. The number of aliphatic imine (C=N–C) groups is 1. The van der Waals surface area contributed by atoms with Crippen molar-refractivity contribution in [3.05, 3.63) is 114 Å². The van der Waals surface area contributed by atoms with Gasteiger partial charge in [0.15, 0.2) is 0 Å². The third-order valence-corrected chi connectivity index (χ3v) is 9.05. The Labute approximate surface area is 277 Å². The highest BCUT2D eigenvalue weighted by atomic mass is 35.5. The summed E-state index contributed by atoms with van der Waals surface area (Å²) in [6.07, 6.45) is 2.27. The minimum Gasteiger partial charge on any atom is -0.368 e. The molecule has 4 aromatic carbocycles. The molecule has 0 radical (unpaired) electrons. The number of rotatable bonds is 12. The van der Waals surface area contributed by atoms with Crippen molar-refractivity contribution in [3.8, 4) is 0 Å². The van der Waals surface area contributed by atoms with E-state index in [0.29, 0.717) is 24.4 Å². The molecular formula is C35H38ClN5O4S. The van der Waals surface area contributed by atoms with E-state index in [2.05, 4.69) is 21.1 Å². The van der Waals surface area contributed by atoms with E-state index in [1.807, 2.05) is 95.9 Å². The number of carbonyl (C=O) groups excluding carboxylic acids is 2. The number of hydrogen-bond donors (Lipinski definition) is 3. The fourth-order valence-electron chi connectivity index (χ4n) is 5.76. The van der Waals surface area contributed by atoms with Gasteiger partial charge in [-0.2, -0.15) is 9.76 Å². The summed E-state index contributed by atoms with van der Waals surface area (Å²) in [7, 11) is 0. The van der Waals surface area contributed by atoms with Crippen molar-refractivity contribution in [2.75, 3.05) is 26.2 Å². The molecule has 2 amide bonds. The molecule has 3 unspecified atom stereocenters. The molecule has 6 rings (SSSR count). The Morgan fingerprint density at radius 2 is 1.63 bits per heavy atom. The van der Waals surface area contributed by atoms with Gasteiger partial charge in [0, 0.05) is 38.0 Å². The second-order valence-corrected chi connectivity index (χ2v) is 12.4. The van der Waals surface area contributed by atoms with Gasteiger partial charge in [0.25, 0.3) is 0 Å². The van der Waals surface area contributed by atoms with E-state index >= 15 is 0 Å². The van der Waals surface area contributed by atoms with Crippen LogP contribution in [0.15, 0.2) is 107 Å². The topological polar surface area (TPSA) is 112 Å². The van der Waals surface area contributed by atoms with E-state index in [1.54, 1.807) is 6.07 Å². The minimum atomic E-state index is -1.81. The van der Waals surface area contributed by atoms with Crippen LogP contribution in [0.5, 0.6) is 0 Å². The van der Waals surface area contributed by atoms with Crippen molar-refractivity contribution in [2.24, 2.45) is 4.99 Å². The summed E-state index contributed by atoms with van der Waals surface area (Å²) in [5, 5.41) is 8.29. The van der Waals surface area contributed by atoms with Crippen molar-refractivity contribution < 1.29 is 18.1 Å². The van der Waals surface area contributed by atoms with Crippen LogP contribution in [0.1, 0.15) is 42.0 Å². The number of nitrogens with one attached hydrogen (secondary N) is 3. The van der Waals surface area contributed by atoms with Crippen molar-refractivity contribution in [2.45, 2.75) is 42.7 Å². The molecule has 0 saturated carbocycles. The van der Waals surface area contributed by atoms with E-state index in [4.69, 9.17) is 4.28 Å². The first-order valence-electron chi connectivity index (χ1n) is 15.4. The van der Waals surface area contributed by atoms with Gasteiger partial charge >= 0.3 is 0 Å². The molecule has 2 heterocycles. The Morgan fingerprint density at radius 3 is 2.35 bits per heavy atom. The molecule has 0 aromatic heterocycles. The smallest absolute Gasteiger partial charge is 0.245 e. The zero-order chi connectivity index (χ0) is 31.0. The molecule has 240 valence electrons. The first kappa shape index (κ1) is 33.3. The van der Waals surface area contributed by atoms with Gasteiger partial charge < -0.3 is 15.5 Å². The molecule has 1 fully saturated rings. The first-order chi connectivity index (χ1) is 22.0. The summed E-state index contributed by atoms with van der Waals surface area (Å²) in [4.78, 5) is 34.0. The van der Waals surface area contributed by atoms with Gasteiger partial charge in [0.05, 0.1) is 17.5 Å². The lowest BCUT2D eigenvalue weighted by Gasteiger charge is -2.25. The lowest BCUT2D eigenvalue weighted by atomic mass is 10.0. The second kappa shape index (κ2) is 16.0. The minimum absolute atomic E-state index is 0. The highest BCUT2D eigenvalue weighted by Gasteiger charge is 2.29. The van der Waals surface area contributed by atoms with E-state index in [1.165, 1.54) is 0 Å². The van der Waals surface area contributed by atoms with Crippen LogP contribution in [0.3, 0.4) is 0 Å². The third-order valence-electron chi connectivity index (χ3n) is 8.16. The van der Waals surface area contributed by atoms with Gasteiger partial charge in [-0.25, -0.2) is 4.21 Å². The van der Waals surface area contributed by atoms with E-state index in [9.17, 15) is 13.8 Å². The van der Waals surface area contributed by atoms with Gasteiger partial charge in [0.1, 0.15) is 11.9 Å². The standard InChI is InChI=1S/C35H37N5O4S.ClH/c41-33(38-32(35(42)40-20-6-7-21-40)22-25-12-14-28(15-13-25)34-36-18-19-37-34)24-31(27-9-2-1-3-10-27)39-44-45(43)30-17-16-26-8-4-5-11-29(26)23-30;/h1-5,8-17,23,31-32,39H,6-7,18-22,24H2,(H,36,37)(H,38,41);1H. The maximum Gasteiger partial charge on any atom is 0.245 e. The Bertz CT molecular complexity index is 1700. The van der Waals surface area contributed by atoms with Gasteiger partial charge in [-0.15, -0.1) is 12.4 Å². The Hall–Kier alpha value is -4.09. The van der Waals surface area contributed by atoms with Crippen molar-refractivity contribution in [1.82, 2.24) is 21.0 Å². The predicted molar refractivity (Wildman–Crippen MR) is 183 cm³/mol. The highest BCUT2D eigenvalue weighted by molar-refractivity contribution is 7.80. The van der Waals surface area contributed by atoms with Crippen LogP contribution < -0.4 is 16.1 Å². The molecule has 2 aliphatic heterocycles. The van der Waals surface area contributed by atoms with Gasteiger partial charge in [-0.3, -0.25) is 14.6 Å². The number of hydrogen-bond acceptors (Lipinski definition) is 7. The maximum absolute atomic E-state index is 13.6. The summed E-state index contributed by atoms with van der Waals surface area (Å²) < 4.78 is 18.7. The summed E-state index contributed by atoms with van der Waals surface area (Å²) in [5.74, 6) is 0.488. The molecule has 9 nitrogen and oxygen atoms in total. The molecule has 3 atom stereocenters. The third kappa shape index (κ3) is 8.38. The molecule has 1 saturated heterocycles. The number of likely N-dealkylation sites (tertiary alicyclic amines) is 1. The number of amidine groups is 1. The van der Waals surface area contributed by atoms with E-state index < -0.39 is 23.2 Å². The van der Waals surface area contributed by atoms with Gasteiger partial charge in [-0.1, -0.05) is 84.9 Å². The van der Waals surface area contributed by atoms with Crippen LogP contribution in [0.25, 0.3) is 10.8 Å². The lowest BCUT2D eigenvalue weighted by molar-refractivity contribution is -0.135. The van der Waals surface area contributed by atoms with Crippen molar-refractivity contribution in [1.29, 1.82) is 0 Å². The molecule has 0 bridgehead atoms. The van der Waals surface area contributed by atoms with Crippen LogP contribution in [0.2, 0.25) is 0 Å². The number of amides is 2. The SMILES string of the molecule is Cl.O=C(CC(NOS(=O)c1ccc2ccccc2c1)c1ccccc1)NC(Cc1ccc(C2=NCCN2)cc1)C(=O)N1CCCC1. The predicted octanol–water partition coefficient (Wildman–Crippen LogP) is 4.64. The quantitative estimate of drug-likeness (QED) is 0.191. The van der Waals surface area contributed by atoms with Crippen LogP contribution in [0, 0.1) is 0 Å². The lowest BCUT2D eigenvalue weighted by Crippen LogP contribution is -2.49. The van der Waals surface area contributed by atoms with Crippen LogP contribution >= 0.6 is 12.4 Å². The largest absolute Gasteiger partial charge is 0.368 e. The van der Waals surface area contributed by atoms with Gasteiger partial charge in [-0.05, 0) is 46.9 Å². The van der Waals surface area contributed by atoms with Crippen LogP contribution in [0.4, 0.5) is 0 Å². The molecule has 2 aliphatic rings. The Morgan fingerprint density at radius 1 is 0.913 bits per heavy atom. The molecular weight excluding hydrogens is 622 g/mol. The zero-order valence-electron chi connectivity index (χ0n) is 25.4. The molecule has 0 spiro atoms. The first-order valence-corrected chi connectivity index (χ1v) is 16.4. The fourth-order valence-corrected chi connectivity index (χ4v) is 6.46. The fraction of sp³-hybridized carbons (Fsp3) is 0.286. The van der Waals surface area contributed by atoms with Crippen molar-refractivity contribution >= 4 is 51.9 Å². The number of halogens is 1. The van der Waals surface area contributed by atoms with Crippen LogP contribution in [-0.4, -0.2) is 59.0 Å². The molecule has 0 aliphatic carbocycles. The molecule has 3 N–H and O–H groups in total. The average Bonchev–Trinajstić information content (AvgIpc) is 3.82. The van der Waals surface area contributed by atoms with Gasteiger partial charge in [0.2, 0.25) is 22.9 Å². The maximum atomic E-state index is 13.6. The summed E-state index contributed by atoms with van der Waals surface area (Å²) >= 11 is -1.81. The molecule has 46 heavy (non-hydrogen) atoms. The summed E-state index contributed by atoms with van der Waals surface area (Å²) in [5.41, 5.74) is 5.62. The average molecular weight is 660 g/mol. The molecule has 11 heteroatoms. The number of hydroxylamine groups is 1. The monoisotopic (exact) mass is 659 g/mol. The normalized spacial score (nSPS) is 16.2. The zero-order valence-corrected chi connectivity index (χ0v) is 27.0. The number of benzene rings is 4. The number of fused-ring (bicyclic) bond motifs is 1. The summed E-state index contributed by atoms with van der Waals surface area (Å²) in [6.45, 7) is 2.98. The molecule has 4 aromatic rings. The second-order valence-electron chi connectivity index (χ2n) is 11.3. The van der Waals surface area contributed by atoms with Crippen LogP contribution in [-0.2, 0) is 31.4 Å². The van der Waals surface area contributed by atoms with E-state index in [-0.39, 0.29) is 30.6 Å².